The van der Waals surface area contributed by atoms with E-state index in [1.165, 1.54) is 0 Å². The lowest BCUT2D eigenvalue weighted by atomic mass is 10.3. The van der Waals surface area contributed by atoms with Gasteiger partial charge in [-0.2, -0.15) is 0 Å². The van der Waals surface area contributed by atoms with Crippen LogP contribution in [-0.2, 0) is 11.3 Å². The summed E-state index contributed by atoms with van der Waals surface area (Å²) in [5.41, 5.74) is 0.902. The summed E-state index contributed by atoms with van der Waals surface area (Å²) in [5.74, 6) is -1.72. The van der Waals surface area contributed by atoms with E-state index in [-0.39, 0.29) is 6.54 Å². The van der Waals surface area contributed by atoms with Crippen molar-refractivity contribution >= 4 is 17.1 Å². The van der Waals surface area contributed by atoms with Crippen molar-refractivity contribution in [1.82, 2.24) is 4.57 Å². The van der Waals surface area contributed by atoms with E-state index in [1.54, 1.807) is 24.3 Å². The summed E-state index contributed by atoms with van der Waals surface area (Å²) in [6, 6.07) is 6.70. The minimum Gasteiger partial charge on any atom is -0.480 e. The van der Waals surface area contributed by atoms with E-state index < -0.39 is 11.7 Å². The van der Waals surface area contributed by atoms with Gasteiger partial charge in [0.15, 0.2) is 5.58 Å². The third-order valence-corrected chi connectivity index (χ3v) is 1.87. The molecule has 0 fully saturated rings. The molecule has 72 valence electrons. The number of fused-ring (bicyclic) bond motifs is 1. The molecule has 14 heavy (non-hydrogen) atoms. The van der Waals surface area contributed by atoms with E-state index in [0.29, 0.717) is 11.1 Å². The minimum absolute atomic E-state index is 0.379. The van der Waals surface area contributed by atoms with Crippen LogP contribution in [0.15, 0.2) is 33.5 Å². The van der Waals surface area contributed by atoms with Gasteiger partial charge in [0.1, 0.15) is 6.54 Å². The number of para-hydroxylation sites is 2. The molecule has 5 heteroatoms. The minimum atomic E-state index is -1.07. The fourth-order valence-electron chi connectivity index (χ4n) is 1.30. The Kier molecular flexibility index (Phi) is 1.85. The van der Waals surface area contributed by atoms with Gasteiger partial charge in [0, 0.05) is 0 Å². The van der Waals surface area contributed by atoms with Crippen LogP contribution in [0.1, 0.15) is 0 Å². The fraction of sp³-hybridized carbons (Fsp3) is 0.111. The standard InChI is InChI=1S/C9H7NO4/c11-8(12)5-10-6-3-1-2-4-7(6)14-9(10)13/h1-4H,5H2,(H,11,12). The molecule has 0 saturated carbocycles. The van der Waals surface area contributed by atoms with Gasteiger partial charge in [-0.05, 0) is 12.1 Å². The molecule has 0 aliphatic carbocycles. The van der Waals surface area contributed by atoms with Crippen LogP contribution >= 0.6 is 0 Å². The third-order valence-electron chi connectivity index (χ3n) is 1.87. The van der Waals surface area contributed by atoms with Crippen LogP contribution in [0.4, 0.5) is 0 Å². The summed E-state index contributed by atoms with van der Waals surface area (Å²) >= 11 is 0. The second-order valence-corrected chi connectivity index (χ2v) is 2.82. The highest BCUT2D eigenvalue weighted by Crippen LogP contribution is 2.10. The van der Waals surface area contributed by atoms with Gasteiger partial charge in [-0.3, -0.25) is 9.36 Å². The number of nitrogens with zero attached hydrogens (tertiary/aromatic N) is 1. The molecule has 5 nitrogen and oxygen atoms in total. The lowest BCUT2D eigenvalue weighted by molar-refractivity contribution is -0.137. The maximum absolute atomic E-state index is 11.2. The van der Waals surface area contributed by atoms with Gasteiger partial charge in [0.05, 0.1) is 5.52 Å². The Bertz CT molecular complexity index is 537. The van der Waals surface area contributed by atoms with E-state index in [4.69, 9.17) is 9.52 Å². The van der Waals surface area contributed by atoms with Gasteiger partial charge in [-0.1, -0.05) is 12.1 Å². The van der Waals surface area contributed by atoms with Crippen LogP contribution in [0.5, 0.6) is 0 Å². The Morgan fingerprint density at radius 2 is 2.14 bits per heavy atom. The largest absolute Gasteiger partial charge is 0.480 e. The highest BCUT2D eigenvalue weighted by molar-refractivity contribution is 5.75. The van der Waals surface area contributed by atoms with Gasteiger partial charge in [-0.15, -0.1) is 0 Å². The molecule has 0 unspecified atom stereocenters. The molecular formula is C9H7NO4. The number of carboxylic acids is 1. The molecule has 0 bridgehead atoms. The monoisotopic (exact) mass is 193 g/mol. The van der Waals surface area contributed by atoms with Crippen LogP contribution in [0, 0.1) is 0 Å². The summed E-state index contributed by atoms with van der Waals surface area (Å²) in [6.45, 7) is -0.379. The molecule has 1 N–H and O–H groups in total. The number of hydrogen-bond acceptors (Lipinski definition) is 3. The van der Waals surface area contributed by atoms with E-state index in [2.05, 4.69) is 0 Å². The maximum Gasteiger partial charge on any atom is 0.420 e. The zero-order valence-electron chi connectivity index (χ0n) is 7.14. The van der Waals surface area contributed by atoms with E-state index in [0.717, 1.165) is 4.57 Å². The fourth-order valence-corrected chi connectivity index (χ4v) is 1.30. The normalized spacial score (nSPS) is 10.6. The van der Waals surface area contributed by atoms with Crippen molar-refractivity contribution in [3.63, 3.8) is 0 Å². The average Bonchev–Trinajstić information content (AvgIpc) is 2.43. The third kappa shape index (κ3) is 1.28. The summed E-state index contributed by atoms with van der Waals surface area (Å²) in [7, 11) is 0. The zero-order valence-corrected chi connectivity index (χ0v) is 7.14. The Labute approximate surface area is 78.2 Å². The Hall–Kier alpha value is -2.04. The molecule has 1 aromatic carbocycles. The van der Waals surface area contributed by atoms with Crippen molar-refractivity contribution in [2.45, 2.75) is 6.54 Å². The highest BCUT2D eigenvalue weighted by Gasteiger charge is 2.10. The van der Waals surface area contributed by atoms with Crippen molar-refractivity contribution in [3.8, 4) is 0 Å². The van der Waals surface area contributed by atoms with E-state index >= 15 is 0 Å². The molecule has 1 aromatic heterocycles. The molecule has 2 aromatic rings. The maximum atomic E-state index is 11.2. The molecular weight excluding hydrogens is 186 g/mol. The summed E-state index contributed by atoms with van der Waals surface area (Å²) in [6.07, 6.45) is 0. The van der Waals surface area contributed by atoms with Gasteiger partial charge < -0.3 is 9.52 Å². The van der Waals surface area contributed by atoms with Gasteiger partial charge in [0.25, 0.3) is 0 Å². The average molecular weight is 193 g/mol. The molecule has 1 heterocycles. The number of carboxylic acid groups (broad SMARTS) is 1. The first-order valence-corrected chi connectivity index (χ1v) is 3.98. The molecule has 0 aliphatic rings. The molecule has 0 atom stereocenters. The first-order valence-electron chi connectivity index (χ1n) is 3.98. The number of aliphatic carboxylic acids is 1. The molecule has 0 radical (unpaired) electrons. The molecule has 2 rings (SSSR count). The summed E-state index contributed by atoms with van der Waals surface area (Å²) in [5, 5.41) is 8.57. The first kappa shape index (κ1) is 8.55. The van der Waals surface area contributed by atoms with Crippen molar-refractivity contribution < 1.29 is 14.3 Å². The lowest BCUT2D eigenvalue weighted by Crippen LogP contribution is -2.19. The SMILES string of the molecule is O=C(O)Cn1c(=O)oc2ccccc21. The Morgan fingerprint density at radius 1 is 1.43 bits per heavy atom. The van der Waals surface area contributed by atoms with Crippen LogP contribution in [0.3, 0.4) is 0 Å². The number of oxazole rings is 1. The first-order chi connectivity index (χ1) is 6.68. The van der Waals surface area contributed by atoms with Crippen molar-refractivity contribution in [1.29, 1.82) is 0 Å². The second kappa shape index (κ2) is 3.02. The number of rotatable bonds is 2. The number of benzene rings is 1. The zero-order chi connectivity index (χ0) is 10.1. The topological polar surface area (TPSA) is 72.4 Å². The molecule has 0 spiro atoms. The van der Waals surface area contributed by atoms with Crippen LogP contribution in [-0.4, -0.2) is 15.6 Å². The van der Waals surface area contributed by atoms with Gasteiger partial charge in [-0.25, -0.2) is 4.79 Å². The van der Waals surface area contributed by atoms with E-state index in [9.17, 15) is 9.59 Å². The Morgan fingerprint density at radius 3 is 2.86 bits per heavy atom. The number of aromatic nitrogens is 1. The van der Waals surface area contributed by atoms with Crippen LogP contribution in [0.25, 0.3) is 11.1 Å². The Balaban J connectivity index is 2.68. The summed E-state index contributed by atoms with van der Waals surface area (Å²) < 4.78 is 5.92. The van der Waals surface area contributed by atoms with Crippen molar-refractivity contribution in [2.75, 3.05) is 0 Å². The molecule has 0 aliphatic heterocycles. The van der Waals surface area contributed by atoms with Crippen molar-refractivity contribution in [3.05, 3.63) is 34.8 Å². The molecule has 0 saturated heterocycles. The predicted molar refractivity (Wildman–Crippen MR) is 48.1 cm³/mol. The van der Waals surface area contributed by atoms with Crippen molar-refractivity contribution in [2.24, 2.45) is 0 Å². The highest BCUT2D eigenvalue weighted by atomic mass is 16.4. The predicted octanol–water partition coefficient (Wildman–Crippen LogP) is 0.679. The number of carbonyl (C=O) groups is 1. The van der Waals surface area contributed by atoms with Gasteiger partial charge >= 0.3 is 11.7 Å². The lowest BCUT2D eigenvalue weighted by Gasteiger charge is -1.95. The molecule has 0 amide bonds. The number of hydrogen-bond donors (Lipinski definition) is 1. The summed E-state index contributed by atoms with van der Waals surface area (Å²) in [4.78, 5) is 21.7. The van der Waals surface area contributed by atoms with E-state index in [1.807, 2.05) is 0 Å². The van der Waals surface area contributed by atoms with Crippen LogP contribution < -0.4 is 5.76 Å². The second-order valence-electron chi connectivity index (χ2n) is 2.82. The smallest absolute Gasteiger partial charge is 0.420 e. The van der Waals surface area contributed by atoms with Gasteiger partial charge in [0.2, 0.25) is 0 Å². The quantitative estimate of drug-likeness (QED) is 0.761. The van der Waals surface area contributed by atoms with Crippen LogP contribution in [0.2, 0.25) is 0 Å².